The van der Waals surface area contributed by atoms with Crippen LogP contribution in [0.1, 0.15) is 35.8 Å². The number of benzene rings is 1. The van der Waals surface area contributed by atoms with Crippen molar-refractivity contribution in [2.45, 2.75) is 25.9 Å². The van der Waals surface area contributed by atoms with Gasteiger partial charge in [-0.05, 0) is 19.9 Å². The Balaban J connectivity index is 2.05. The molecule has 0 amide bonds. The molecule has 26 heavy (non-hydrogen) atoms. The minimum absolute atomic E-state index is 0.0420. The molecule has 2 N–H and O–H groups in total. The highest BCUT2D eigenvalue weighted by atomic mass is 35.5. The summed E-state index contributed by atoms with van der Waals surface area (Å²) in [6.45, 7) is 6.60. The van der Waals surface area contributed by atoms with Gasteiger partial charge in [0.2, 0.25) is 5.43 Å². The van der Waals surface area contributed by atoms with E-state index in [1.165, 1.54) is 6.20 Å². The number of halogens is 1. The highest BCUT2D eigenvalue weighted by Gasteiger charge is 2.27. The summed E-state index contributed by atoms with van der Waals surface area (Å²) in [7, 11) is 0. The minimum atomic E-state index is -1.22. The molecule has 0 bridgehead atoms. The number of hydrogen-bond donors (Lipinski definition) is 2. The fourth-order valence-electron chi connectivity index (χ4n) is 3.92. The average Bonchev–Trinajstić information content (AvgIpc) is 2.59. The number of allylic oxidation sites excluding steroid dienone is 1. The number of aromatic nitrogens is 1. The fraction of sp³-hybridized carbons (Fsp3) is 0.368. The summed E-state index contributed by atoms with van der Waals surface area (Å²) in [5.74, 6) is -1.22. The highest BCUT2D eigenvalue weighted by Crippen LogP contribution is 2.40. The predicted molar refractivity (Wildman–Crippen MR) is 104 cm³/mol. The van der Waals surface area contributed by atoms with Crippen molar-refractivity contribution < 1.29 is 9.90 Å². The Morgan fingerprint density at radius 1 is 1.38 bits per heavy atom. The quantitative estimate of drug-likeness (QED) is 0.846. The second kappa shape index (κ2) is 6.14. The van der Waals surface area contributed by atoms with Crippen LogP contribution >= 0.6 is 11.6 Å². The molecule has 2 atom stereocenters. The molecule has 0 saturated carbocycles. The van der Waals surface area contributed by atoms with Gasteiger partial charge in [-0.2, -0.15) is 0 Å². The Morgan fingerprint density at radius 3 is 2.85 bits per heavy atom. The van der Waals surface area contributed by atoms with Gasteiger partial charge >= 0.3 is 5.97 Å². The molecule has 0 radical (unpaired) electrons. The maximum atomic E-state index is 12.7. The summed E-state index contributed by atoms with van der Waals surface area (Å²) in [6, 6.07) is 1.92. The van der Waals surface area contributed by atoms with Gasteiger partial charge in [0.1, 0.15) is 5.56 Å². The van der Waals surface area contributed by atoms with Crippen LogP contribution < -0.4 is 15.6 Å². The molecule has 7 heteroatoms. The van der Waals surface area contributed by atoms with Gasteiger partial charge in [-0.15, -0.1) is 0 Å². The predicted octanol–water partition coefficient (Wildman–Crippen LogP) is 2.74. The van der Waals surface area contributed by atoms with E-state index >= 15 is 0 Å². The molecule has 1 aromatic carbocycles. The van der Waals surface area contributed by atoms with E-state index in [0.29, 0.717) is 16.5 Å². The van der Waals surface area contributed by atoms with Crippen LogP contribution in [0.25, 0.3) is 17.0 Å². The average molecular weight is 374 g/mol. The number of rotatable bonds is 2. The first-order valence-electron chi connectivity index (χ1n) is 8.69. The van der Waals surface area contributed by atoms with Crippen LogP contribution in [0.3, 0.4) is 0 Å². The molecule has 2 aliphatic rings. The van der Waals surface area contributed by atoms with Gasteiger partial charge in [-0.25, -0.2) is 4.79 Å². The Bertz CT molecular complexity index is 1010. The zero-order chi connectivity index (χ0) is 18.6. The Labute approximate surface area is 155 Å². The van der Waals surface area contributed by atoms with E-state index in [1.54, 1.807) is 6.07 Å². The van der Waals surface area contributed by atoms with E-state index in [1.807, 2.05) is 23.6 Å². The van der Waals surface area contributed by atoms with E-state index in [2.05, 4.69) is 17.1 Å². The van der Waals surface area contributed by atoms with E-state index < -0.39 is 11.4 Å². The monoisotopic (exact) mass is 373 g/mol. The van der Waals surface area contributed by atoms with Gasteiger partial charge in [-0.1, -0.05) is 23.8 Å². The second-order valence-corrected chi connectivity index (χ2v) is 7.41. The van der Waals surface area contributed by atoms with Gasteiger partial charge in [0.15, 0.2) is 0 Å². The number of carboxylic acids is 1. The minimum Gasteiger partial charge on any atom is -0.477 e. The number of carboxylic acid groups (broad SMARTS) is 1. The van der Waals surface area contributed by atoms with Crippen molar-refractivity contribution >= 4 is 40.2 Å². The topological polar surface area (TPSA) is 74.6 Å². The largest absolute Gasteiger partial charge is 0.477 e. The Kier molecular flexibility index (Phi) is 4.04. The third-order valence-corrected chi connectivity index (χ3v) is 5.46. The number of nitrogens with zero attached hydrogens (tertiary/aromatic N) is 2. The van der Waals surface area contributed by atoms with Crippen molar-refractivity contribution in [1.29, 1.82) is 0 Å². The molecule has 4 rings (SSSR count). The summed E-state index contributed by atoms with van der Waals surface area (Å²) in [5, 5.41) is 13.6. The third kappa shape index (κ3) is 2.52. The molecule has 0 aliphatic carbocycles. The van der Waals surface area contributed by atoms with E-state index in [4.69, 9.17) is 11.6 Å². The molecule has 0 spiro atoms. The maximum Gasteiger partial charge on any atom is 0.341 e. The van der Waals surface area contributed by atoms with Crippen LogP contribution in [0, 0.1) is 0 Å². The van der Waals surface area contributed by atoms with Gasteiger partial charge in [-0.3, -0.25) is 4.79 Å². The lowest BCUT2D eigenvalue weighted by Crippen LogP contribution is -2.49. The lowest BCUT2D eigenvalue weighted by atomic mass is 9.98. The van der Waals surface area contributed by atoms with E-state index in [9.17, 15) is 14.7 Å². The van der Waals surface area contributed by atoms with Gasteiger partial charge in [0.05, 0.1) is 16.2 Å². The first-order chi connectivity index (χ1) is 12.4. The second-order valence-electron chi connectivity index (χ2n) is 7.00. The van der Waals surface area contributed by atoms with Crippen LogP contribution in [-0.2, 0) is 0 Å². The van der Waals surface area contributed by atoms with Crippen molar-refractivity contribution in [2.75, 3.05) is 24.5 Å². The normalized spacial score (nSPS) is 22.0. The molecule has 2 aromatic rings. The number of carbonyl (C=O) groups is 1. The first kappa shape index (κ1) is 17.1. The number of nitrogens with one attached hydrogen (secondary N) is 1. The summed E-state index contributed by atoms with van der Waals surface area (Å²) < 4.78 is 1.86. The van der Waals surface area contributed by atoms with Crippen LogP contribution in [-0.4, -0.2) is 41.3 Å². The molecule has 2 unspecified atom stereocenters. The highest BCUT2D eigenvalue weighted by molar-refractivity contribution is 6.35. The SMILES string of the molecule is CC1CN(c2c(Cl)cc3c(=O)c(C(=O)O)cn4c3c2C=CC4C)CCN1. The molecule has 1 aromatic heterocycles. The van der Waals surface area contributed by atoms with Crippen molar-refractivity contribution in [3.8, 4) is 0 Å². The lowest BCUT2D eigenvalue weighted by Gasteiger charge is -2.36. The lowest BCUT2D eigenvalue weighted by molar-refractivity contribution is 0.0695. The summed E-state index contributed by atoms with van der Waals surface area (Å²) in [4.78, 5) is 26.4. The number of piperazine rings is 1. The Hall–Kier alpha value is -2.31. The molecular weight excluding hydrogens is 354 g/mol. The molecule has 2 aliphatic heterocycles. The maximum absolute atomic E-state index is 12.7. The van der Waals surface area contributed by atoms with E-state index in [0.717, 1.165) is 36.4 Å². The summed E-state index contributed by atoms with van der Waals surface area (Å²) in [5.41, 5.74) is 1.82. The van der Waals surface area contributed by atoms with Gasteiger partial charge < -0.3 is 19.9 Å². The molecular formula is C19H20ClN3O3. The van der Waals surface area contributed by atoms with Gasteiger partial charge in [0, 0.05) is 48.9 Å². The van der Waals surface area contributed by atoms with Crippen LogP contribution in [0.5, 0.6) is 0 Å². The smallest absolute Gasteiger partial charge is 0.341 e. The van der Waals surface area contributed by atoms with Crippen LogP contribution in [0.2, 0.25) is 5.02 Å². The zero-order valence-corrected chi connectivity index (χ0v) is 15.4. The molecule has 3 heterocycles. The van der Waals surface area contributed by atoms with Crippen molar-refractivity contribution in [2.24, 2.45) is 0 Å². The molecule has 1 saturated heterocycles. The molecule has 136 valence electrons. The zero-order valence-electron chi connectivity index (χ0n) is 14.6. The van der Waals surface area contributed by atoms with Crippen molar-refractivity contribution in [3.63, 3.8) is 0 Å². The number of anilines is 1. The molecule has 6 nitrogen and oxygen atoms in total. The fourth-order valence-corrected chi connectivity index (χ4v) is 4.25. The summed E-state index contributed by atoms with van der Waals surface area (Å²) >= 11 is 6.59. The van der Waals surface area contributed by atoms with E-state index in [-0.39, 0.29) is 11.6 Å². The van der Waals surface area contributed by atoms with Gasteiger partial charge in [0.25, 0.3) is 0 Å². The number of pyridine rings is 1. The van der Waals surface area contributed by atoms with Crippen molar-refractivity contribution in [3.05, 3.63) is 44.7 Å². The number of aromatic carboxylic acids is 1. The first-order valence-corrected chi connectivity index (χ1v) is 9.07. The third-order valence-electron chi connectivity index (χ3n) is 5.17. The standard InChI is InChI=1S/C19H20ClN3O3/c1-10-8-22(6-5-21-10)17-12-4-3-11(2)23-9-14(19(25)26)18(24)13(16(12)23)7-15(17)20/h3-4,7,9-11,21H,5-6,8H2,1-2H3,(H,25,26). The van der Waals surface area contributed by atoms with Crippen molar-refractivity contribution in [1.82, 2.24) is 9.88 Å². The number of hydrogen-bond acceptors (Lipinski definition) is 4. The molecule has 1 fully saturated rings. The Morgan fingerprint density at radius 2 is 2.15 bits per heavy atom. The summed E-state index contributed by atoms with van der Waals surface area (Å²) in [6.07, 6.45) is 5.45. The van der Waals surface area contributed by atoms with Crippen LogP contribution in [0.15, 0.2) is 23.1 Å². The van der Waals surface area contributed by atoms with Crippen LogP contribution in [0.4, 0.5) is 5.69 Å².